The first-order valence-electron chi connectivity index (χ1n) is 22.0. The van der Waals surface area contributed by atoms with Gasteiger partial charge in [-0.25, -0.2) is 4.99 Å². The predicted octanol–water partition coefficient (Wildman–Crippen LogP) is 14.6. The molecule has 0 N–H and O–H groups in total. The van der Waals surface area contributed by atoms with Crippen LogP contribution < -0.4 is 0 Å². The van der Waals surface area contributed by atoms with Gasteiger partial charge in [0.2, 0.25) is 0 Å². The molecule has 0 saturated heterocycles. The molecule has 6 heteroatoms. The predicted molar refractivity (Wildman–Crippen MR) is 218 cm³/mol. The number of thiocarbonyl (C=S) groups is 1. The van der Waals surface area contributed by atoms with Gasteiger partial charge in [-0.1, -0.05) is 175 Å². The Hall–Kier alpha value is -1.26. The van der Waals surface area contributed by atoms with Crippen molar-refractivity contribution in [2.24, 2.45) is 4.99 Å². The van der Waals surface area contributed by atoms with Crippen molar-refractivity contribution in [1.29, 1.82) is 0 Å². The minimum Gasteiger partial charge on any atom is -0.466 e. The average Bonchev–Trinajstić information content (AvgIpc) is 3.11. The summed E-state index contributed by atoms with van der Waals surface area (Å²) in [5, 5.41) is 2.63. The number of hydrogen-bond acceptors (Lipinski definition) is 6. The van der Waals surface area contributed by atoms with E-state index in [1.165, 1.54) is 141 Å². The van der Waals surface area contributed by atoms with Gasteiger partial charge in [-0.15, -0.1) is 0 Å². The molecule has 0 aromatic heterocycles. The summed E-state index contributed by atoms with van der Waals surface area (Å²) >= 11 is 4.94. The van der Waals surface area contributed by atoms with Gasteiger partial charge in [-0.05, 0) is 70.0 Å². The van der Waals surface area contributed by atoms with E-state index in [0.29, 0.717) is 25.5 Å². The molecule has 0 radical (unpaired) electrons. The Morgan fingerprint density at radius 1 is 0.480 bits per heavy atom. The molecule has 1 unspecified atom stereocenters. The minimum atomic E-state index is -0.0216. The monoisotopic (exact) mass is 722 g/mol. The van der Waals surface area contributed by atoms with Crippen LogP contribution in [0.3, 0.4) is 0 Å². The lowest BCUT2D eigenvalue weighted by Gasteiger charge is -2.18. The quantitative estimate of drug-likeness (QED) is 0.0273. The Balaban J connectivity index is 3.94. The lowest BCUT2D eigenvalue weighted by atomic mass is 10.0. The van der Waals surface area contributed by atoms with Gasteiger partial charge in [0.15, 0.2) is 0 Å². The van der Waals surface area contributed by atoms with Crippen molar-refractivity contribution in [1.82, 2.24) is 0 Å². The van der Waals surface area contributed by atoms with Crippen molar-refractivity contribution in [2.45, 2.75) is 258 Å². The standard InChI is InChI=1S/C44H83NO4S/c1-4-7-10-13-21-28-35-42(36-29-22-14-11-8-5-2)49-44(47)38-31-24-18-20-27-34-41(45-40-50)33-26-19-16-15-17-23-30-37-43(46)48-39-32-25-12-9-6-3/h41-42H,4-39H2,1-3H3. The van der Waals surface area contributed by atoms with Gasteiger partial charge < -0.3 is 9.47 Å². The number of nitrogens with zero attached hydrogens (tertiary/aromatic N) is 1. The molecule has 0 fully saturated rings. The van der Waals surface area contributed by atoms with E-state index in [1.54, 1.807) is 0 Å². The van der Waals surface area contributed by atoms with Gasteiger partial charge in [0.05, 0.1) is 17.8 Å². The second kappa shape index (κ2) is 40.5. The average molecular weight is 722 g/mol. The second-order valence-electron chi connectivity index (χ2n) is 15.1. The Morgan fingerprint density at radius 2 is 0.840 bits per heavy atom. The number of esters is 2. The molecule has 1 atom stereocenters. The lowest BCUT2D eigenvalue weighted by Crippen LogP contribution is -2.18. The molecular weight excluding hydrogens is 639 g/mol. The molecule has 0 aromatic carbocycles. The molecule has 0 amide bonds. The highest BCUT2D eigenvalue weighted by molar-refractivity contribution is 7.78. The summed E-state index contributed by atoms with van der Waals surface area (Å²) in [6.45, 7) is 7.33. The van der Waals surface area contributed by atoms with Crippen LogP contribution in [0.1, 0.15) is 245 Å². The number of isothiocyanates is 1. The molecule has 0 aliphatic rings. The fourth-order valence-corrected chi connectivity index (χ4v) is 6.99. The van der Waals surface area contributed by atoms with E-state index in [9.17, 15) is 9.59 Å². The Morgan fingerprint density at radius 3 is 1.28 bits per heavy atom. The summed E-state index contributed by atoms with van der Waals surface area (Å²) in [5.74, 6) is -0.00225. The third-order valence-electron chi connectivity index (χ3n) is 10.1. The zero-order valence-electron chi connectivity index (χ0n) is 33.6. The molecule has 5 nitrogen and oxygen atoms in total. The molecule has 0 saturated carbocycles. The first-order valence-corrected chi connectivity index (χ1v) is 22.4. The summed E-state index contributed by atoms with van der Waals surface area (Å²) in [6.07, 6.45) is 40.6. The molecule has 0 rings (SSSR count). The summed E-state index contributed by atoms with van der Waals surface area (Å²) in [4.78, 5) is 29.0. The number of carbonyl (C=O) groups excluding carboxylic acids is 2. The molecule has 0 heterocycles. The van der Waals surface area contributed by atoms with Crippen molar-refractivity contribution in [3.05, 3.63) is 0 Å². The summed E-state index contributed by atoms with van der Waals surface area (Å²) in [7, 11) is 0. The van der Waals surface area contributed by atoms with Crippen LogP contribution in [0.5, 0.6) is 0 Å². The van der Waals surface area contributed by atoms with E-state index in [-0.39, 0.29) is 18.0 Å². The largest absolute Gasteiger partial charge is 0.466 e. The highest BCUT2D eigenvalue weighted by Crippen LogP contribution is 2.20. The topological polar surface area (TPSA) is 65.0 Å². The van der Waals surface area contributed by atoms with Crippen molar-refractivity contribution in [3.63, 3.8) is 0 Å². The zero-order chi connectivity index (χ0) is 36.6. The third-order valence-corrected chi connectivity index (χ3v) is 10.2. The molecule has 0 aliphatic carbocycles. The van der Waals surface area contributed by atoms with Gasteiger partial charge in [0.1, 0.15) is 6.10 Å². The van der Waals surface area contributed by atoms with Gasteiger partial charge in [-0.2, -0.15) is 0 Å². The Labute approximate surface area is 316 Å². The third kappa shape index (κ3) is 36.5. The van der Waals surface area contributed by atoms with E-state index in [0.717, 1.165) is 70.6 Å². The van der Waals surface area contributed by atoms with E-state index in [1.807, 2.05) is 0 Å². The van der Waals surface area contributed by atoms with E-state index >= 15 is 0 Å². The molecular formula is C44H83NO4S. The van der Waals surface area contributed by atoms with Crippen LogP contribution in [0, 0.1) is 0 Å². The van der Waals surface area contributed by atoms with Crippen molar-refractivity contribution in [2.75, 3.05) is 6.61 Å². The van der Waals surface area contributed by atoms with Crippen molar-refractivity contribution >= 4 is 29.3 Å². The van der Waals surface area contributed by atoms with E-state index in [4.69, 9.17) is 21.7 Å². The molecule has 0 spiro atoms. The SMILES string of the molecule is CCCCCCCCC(CCCCCCCC)OC(=O)CCCCCCCC(CCCCCCCCCC(=O)OCCCCCCC)N=C=S. The number of rotatable bonds is 40. The first kappa shape index (κ1) is 48.7. The number of unbranched alkanes of at least 4 members (excludes halogenated alkanes) is 24. The number of ether oxygens (including phenoxy) is 2. The fourth-order valence-electron chi connectivity index (χ4n) is 6.84. The molecule has 294 valence electrons. The normalized spacial score (nSPS) is 11.8. The van der Waals surface area contributed by atoms with Crippen LogP contribution in [-0.4, -0.2) is 35.9 Å². The highest BCUT2D eigenvalue weighted by Gasteiger charge is 2.14. The maximum absolute atomic E-state index is 12.7. The Bertz CT molecular complexity index is 768. The smallest absolute Gasteiger partial charge is 0.306 e. The summed E-state index contributed by atoms with van der Waals surface area (Å²) < 4.78 is 11.4. The molecule has 50 heavy (non-hydrogen) atoms. The van der Waals surface area contributed by atoms with Gasteiger partial charge >= 0.3 is 11.9 Å². The summed E-state index contributed by atoms with van der Waals surface area (Å²) in [5.41, 5.74) is 0. The molecule has 0 aliphatic heterocycles. The number of hydrogen-bond donors (Lipinski definition) is 0. The van der Waals surface area contributed by atoms with Crippen molar-refractivity contribution in [3.8, 4) is 0 Å². The summed E-state index contributed by atoms with van der Waals surface area (Å²) in [6, 6.07) is 0.301. The minimum absolute atomic E-state index is 0.0193. The Kier molecular flexibility index (Phi) is 39.5. The zero-order valence-corrected chi connectivity index (χ0v) is 34.4. The van der Waals surface area contributed by atoms with Crippen LogP contribution in [-0.2, 0) is 19.1 Å². The van der Waals surface area contributed by atoms with Crippen LogP contribution in [0.25, 0.3) is 0 Å². The molecule has 0 bridgehead atoms. The highest BCUT2D eigenvalue weighted by atomic mass is 32.1. The first-order chi connectivity index (χ1) is 24.6. The van der Waals surface area contributed by atoms with Crippen LogP contribution in [0.2, 0.25) is 0 Å². The van der Waals surface area contributed by atoms with Crippen molar-refractivity contribution < 1.29 is 19.1 Å². The van der Waals surface area contributed by atoms with Crippen LogP contribution in [0.15, 0.2) is 4.99 Å². The fraction of sp³-hybridized carbons (Fsp3) is 0.932. The van der Waals surface area contributed by atoms with E-state index in [2.05, 4.69) is 30.9 Å². The van der Waals surface area contributed by atoms with E-state index < -0.39 is 0 Å². The maximum Gasteiger partial charge on any atom is 0.306 e. The lowest BCUT2D eigenvalue weighted by molar-refractivity contribution is -0.150. The van der Waals surface area contributed by atoms with Crippen LogP contribution in [0.4, 0.5) is 0 Å². The van der Waals surface area contributed by atoms with Crippen LogP contribution >= 0.6 is 12.2 Å². The molecule has 0 aromatic rings. The number of aliphatic imine (C=N–C) groups is 1. The van der Waals surface area contributed by atoms with Gasteiger partial charge in [0.25, 0.3) is 0 Å². The second-order valence-corrected chi connectivity index (χ2v) is 15.2. The van der Waals surface area contributed by atoms with Gasteiger partial charge in [0, 0.05) is 12.8 Å². The van der Waals surface area contributed by atoms with Gasteiger partial charge in [-0.3, -0.25) is 9.59 Å². The number of carbonyl (C=O) groups is 2. The maximum atomic E-state index is 12.7.